The van der Waals surface area contributed by atoms with Gasteiger partial charge in [0, 0.05) is 0 Å². The molecule has 23 heavy (non-hydrogen) atoms. The van der Waals surface area contributed by atoms with Crippen LogP contribution in [0.2, 0.25) is 0 Å². The fraction of sp³-hybridized carbons (Fsp3) is 0.684. The first-order valence-corrected chi connectivity index (χ1v) is 9.32. The first-order valence-electron chi connectivity index (χ1n) is 9.32. The molecule has 0 radical (unpaired) electrons. The van der Waals surface area contributed by atoms with Crippen molar-refractivity contribution >= 4 is 0 Å². The van der Waals surface area contributed by atoms with Crippen LogP contribution < -0.4 is 9.80 Å². The summed E-state index contributed by atoms with van der Waals surface area (Å²) in [6.45, 7) is 6.32. The lowest BCUT2D eigenvalue weighted by Crippen LogP contribution is -3.28. The van der Waals surface area contributed by atoms with E-state index in [1.807, 2.05) is 0 Å². The smallest absolute Gasteiger partial charge is 0.128 e. The Morgan fingerprint density at radius 1 is 0.957 bits per heavy atom. The molecule has 0 amide bonds. The van der Waals surface area contributed by atoms with Crippen LogP contribution in [0.3, 0.4) is 0 Å². The van der Waals surface area contributed by atoms with Crippen molar-refractivity contribution in [1.29, 1.82) is 0 Å². The quantitative estimate of drug-likeness (QED) is 0.552. The molecule has 2 fully saturated rings. The number of aliphatic hydroxyl groups is 2. The maximum atomic E-state index is 10.5. The second-order valence-electron chi connectivity index (χ2n) is 7.34. The Kier molecular flexibility index (Phi) is 6.06. The van der Waals surface area contributed by atoms with E-state index in [4.69, 9.17) is 5.11 Å². The van der Waals surface area contributed by atoms with Gasteiger partial charge < -0.3 is 20.0 Å². The predicted molar refractivity (Wildman–Crippen MR) is 90.8 cm³/mol. The Morgan fingerprint density at radius 2 is 1.57 bits per heavy atom. The van der Waals surface area contributed by atoms with Crippen LogP contribution in [0.25, 0.3) is 0 Å². The van der Waals surface area contributed by atoms with Crippen LogP contribution >= 0.6 is 0 Å². The molecule has 1 aromatic rings. The van der Waals surface area contributed by atoms with Gasteiger partial charge in [0.2, 0.25) is 0 Å². The molecule has 2 aliphatic rings. The largest absolute Gasteiger partial charge is 0.391 e. The minimum Gasteiger partial charge on any atom is -0.391 e. The summed E-state index contributed by atoms with van der Waals surface area (Å²) < 4.78 is 0. The first-order chi connectivity index (χ1) is 11.3. The number of aliphatic hydroxyl groups excluding tert-OH is 2. The average Bonchev–Trinajstić information content (AvgIpc) is 3.11. The number of rotatable bonds is 6. The van der Waals surface area contributed by atoms with E-state index < -0.39 is 0 Å². The van der Waals surface area contributed by atoms with Crippen LogP contribution in [0, 0.1) is 0 Å². The number of nitrogens with one attached hydrogen (secondary N) is 2. The van der Waals surface area contributed by atoms with Crippen molar-refractivity contribution in [3.63, 3.8) is 0 Å². The summed E-state index contributed by atoms with van der Waals surface area (Å²) in [5.74, 6) is 0.745. The van der Waals surface area contributed by atoms with Crippen LogP contribution in [0.1, 0.15) is 48.8 Å². The summed E-state index contributed by atoms with van der Waals surface area (Å²) in [6.07, 6.45) is 5.02. The molecular formula is C19H32N2O2+2. The molecule has 3 rings (SSSR count). The first kappa shape index (κ1) is 16.9. The van der Waals surface area contributed by atoms with Crippen LogP contribution in [-0.2, 0) is 0 Å². The van der Waals surface area contributed by atoms with E-state index in [9.17, 15) is 5.11 Å². The normalized spacial score (nSPS) is 27.2. The fourth-order valence-corrected chi connectivity index (χ4v) is 4.21. The summed E-state index contributed by atoms with van der Waals surface area (Å²) in [6, 6.07) is 8.72. The molecule has 1 saturated carbocycles. The highest BCUT2D eigenvalue weighted by Gasteiger charge is 2.25. The molecular weight excluding hydrogens is 288 g/mol. The van der Waals surface area contributed by atoms with Gasteiger partial charge in [-0.25, -0.2) is 0 Å². The molecule has 128 valence electrons. The Hall–Kier alpha value is -0.940. The molecule has 1 aliphatic heterocycles. The van der Waals surface area contributed by atoms with Crippen molar-refractivity contribution in [1.82, 2.24) is 0 Å². The zero-order valence-electron chi connectivity index (χ0n) is 14.1. The third-order valence-electron chi connectivity index (χ3n) is 5.76. The zero-order chi connectivity index (χ0) is 16.1. The minimum atomic E-state index is -0.359. The molecule has 0 aromatic heterocycles. The highest BCUT2D eigenvalue weighted by molar-refractivity contribution is 5.27. The van der Waals surface area contributed by atoms with Gasteiger partial charge >= 0.3 is 0 Å². The third kappa shape index (κ3) is 4.54. The van der Waals surface area contributed by atoms with Gasteiger partial charge in [-0.3, -0.25) is 0 Å². The van der Waals surface area contributed by atoms with Crippen molar-refractivity contribution in [2.75, 3.05) is 45.9 Å². The highest BCUT2D eigenvalue weighted by Crippen LogP contribution is 2.34. The second kappa shape index (κ2) is 8.25. The van der Waals surface area contributed by atoms with Crippen LogP contribution in [-0.4, -0.2) is 56.1 Å². The van der Waals surface area contributed by atoms with E-state index in [0.29, 0.717) is 0 Å². The van der Waals surface area contributed by atoms with Crippen molar-refractivity contribution < 1.29 is 20.0 Å². The number of piperazine rings is 1. The van der Waals surface area contributed by atoms with Gasteiger partial charge in [0.1, 0.15) is 45.4 Å². The van der Waals surface area contributed by atoms with Crippen molar-refractivity contribution in [3.05, 3.63) is 35.4 Å². The lowest BCUT2D eigenvalue weighted by molar-refractivity contribution is -1.01. The Labute approximate surface area is 139 Å². The Bertz CT molecular complexity index is 463. The van der Waals surface area contributed by atoms with Gasteiger partial charge in [0.25, 0.3) is 0 Å². The number of benzene rings is 1. The molecule has 4 N–H and O–H groups in total. The number of quaternary nitrogens is 2. The lowest BCUT2D eigenvalue weighted by atomic mass is 9.95. The molecule has 1 aliphatic carbocycles. The Morgan fingerprint density at radius 3 is 2.17 bits per heavy atom. The maximum Gasteiger partial charge on any atom is 0.128 e. The third-order valence-corrected chi connectivity index (χ3v) is 5.76. The van der Waals surface area contributed by atoms with E-state index in [1.54, 1.807) is 0 Å². The van der Waals surface area contributed by atoms with Gasteiger partial charge in [0.05, 0.1) is 6.61 Å². The zero-order valence-corrected chi connectivity index (χ0v) is 14.1. The van der Waals surface area contributed by atoms with Crippen molar-refractivity contribution in [3.8, 4) is 0 Å². The second-order valence-corrected chi connectivity index (χ2v) is 7.34. The number of hydrogen-bond donors (Lipinski definition) is 4. The van der Waals surface area contributed by atoms with Gasteiger partial charge in [-0.2, -0.15) is 0 Å². The topological polar surface area (TPSA) is 49.3 Å². The summed E-state index contributed by atoms with van der Waals surface area (Å²) in [5.41, 5.74) is 2.51. The van der Waals surface area contributed by atoms with Gasteiger partial charge in [-0.05, 0) is 29.9 Å². The Balaban J connectivity index is 1.49. The summed E-state index contributed by atoms with van der Waals surface area (Å²) in [5, 5.41) is 19.5. The fourth-order valence-electron chi connectivity index (χ4n) is 4.21. The van der Waals surface area contributed by atoms with E-state index >= 15 is 0 Å². The van der Waals surface area contributed by atoms with Crippen molar-refractivity contribution in [2.24, 2.45) is 0 Å². The monoisotopic (exact) mass is 320 g/mol. The molecule has 4 heteroatoms. The maximum absolute atomic E-state index is 10.5. The van der Waals surface area contributed by atoms with E-state index in [1.165, 1.54) is 41.0 Å². The molecule has 4 nitrogen and oxygen atoms in total. The molecule has 1 heterocycles. The van der Waals surface area contributed by atoms with Crippen LogP contribution in [0.5, 0.6) is 0 Å². The standard InChI is InChI=1S/C19H30N2O2/c22-14-13-20-9-11-21(12-10-20)15-19(23)18-7-5-17(6-8-18)16-3-1-2-4-16/h5-8,16,19,22-23H,1-4,9-15H2/p+2/t19-/m1/s1. The van der Waals surface area contributed by atoms with Crippen LogP contribution in [0.4, 0.5) is 0 Å². The van der Waals surface area contributed by atoms with E-state index in [2.05, 4.69) is 24.3 Å². The SMILES string of the molecule is OCC[NH+]1CC[NH+](C[C@@H](O)c2ccc(C3CCCC3)cc2)CC1. The van der Waals surface area contributed by atoms with Gasteiger partial charge in [0.15, 0.2) is 0 Å². The molecule has 1 saturated heterocycles. The lowest BCUT2D eigenvalue weighted by Gasteiger charge is -2.30. The van der Waals surface area contributed by atoms with Crippen LogP contribution in [0.15, 0.2) is 24.3 Å². The van der Waals surface area contributed by atoms with E-state index in [-0.39, 0.29) is 12.7 Å². The summed E-state index contributed by atoms with van der Waals surface area (Å²) in [7, 11) is 0. The predicted octanol–water partition coefficient (Wildman–Crippen LogP) is -0.847. The molecule has 0 spiro atoms. The molecule has 1 aromatic carbocycles. The molecule has 1 atom stereocenters. The minimum absolute atomic E-state index is 0.278. The summed E-state index contributed by atoms with van der Waals surface area (Å²) in [4.78, 5) is 2.98. The number of hydrogen-bond acceptors (Lipinski definition) is 2. The van der Waals surface area contributed by atoms with E-state index in [0.717, 1.165) is 50.7 Å². The summed E-state index contributed by atoms with van der Waals surface area (Å²) >= 11 is 0. The highest BCUT2D eigenvalue weighted by atomic mass is 16.3. The molecule has 0 bridgehead atoms. The van der Waals surface area contributed by atoms with Crippen molar-refractivity contribution in [2.45, 2.75) is 37.7 Å². The van der Waals surface area contributed by atoms with Gasteiger partial charge in [-0.1, -0.05) is 37.1 Å². The average molecular weight is 320 g/mol. The molecule has 0 unspecified atom stereocenters. The van der Waals surface area contributed by atoms with Gasteiger partial charge in [-0.15, -0.1) is 0 Å².